The van der Waals surface area contributed by atoms with Gasteiger partial charge >= 0.3 is 0 Å². The number of ether oxygens (including phenoxy) is 1. The van der Waals surface area contributed by atoms with E-state index in [0.29, 0.717) is 21.7 Å². The molecule has 0 spiro atoms. The van der Waals surface area contributed by atoms with Gasteiger partial charge < -0.3 is 4.74 Å². The van der Waals surface area contributed by atoms with Crippen molar-refractivity contribution in [3.63, 3.8) is 0 Å². The lowest BCUT2D eigenvalue weighted by molar-refractivity contribution is -0.121. The average Bonchev–Trinajstić information content (AvgIpc) is 3.33. The van der Waals surface area contributed by atoms with Crippen LogP contribution in [0.5, 0.6) is 5.88 Å². The molecular weight excluding hydrogens is 339 g/mol. The molecule has 1 aliphatic carbocycles. The first-order valence-electron chi connectivity index (χ1n) is 6.96. The van der Waals surface area contributed by atoms with Crippen LogP contribution < -0.4 is 15.6 Å². The summed E-state index contributed by atoms with van der Waals surface area (Å²) < 4.78 is 5.05. The molecule has 1 heterocycles. The fourth-order valence-corrected chi connectivity index (χ4v) is 2.95. The lowest BCUT2D eigenvalue weighted by Crippen LogP contribution is -2.31. The molecule has 2 atom stereocenters. The highest BCUT2D eigenvalue weighted by atomic mass is 35.5. The second kappa shape index (κ2) is 6.60. The maximum absolute atomic E-state index is 12.2. The number of hydrogen-bond acceptors (Lipinski definition) is 5. The third-order valence-corrected chi connectivity index (χ3v) is 4.21. The van der Waals surface area contributed by atoms with Crippen LogP contribution in [0.1, 0.15) is 17.9 Å². The Morgan fingerprint density at radius 3 is 2.83 bits per heavy atom. The van der Waals surface area contributed by atoms with Gasteiger partial charge in [0.05, 0.1) is 7.11 Å². The zero-order chi connectivity index (χ0) is 16.4. The van der Waals surface area contributed by atoms with Crippen molar-refractivity contribution >= 4 is 34.9 Å². The summed E-state index contributed by atoms with van der Waals surface area (Å²) in [6.45, 7) is 0. The second-order valence-corrected chi connectivity index (χ2v) is 5.99. The number of carbonyl (C=O) groups excluding carboxylic acids is 1. The molecule has 8 heteroatoms. The Balaban J connectivity index is 1.60. The molecule has 0 bridgehead atoms. The van der Waals surface area contributed by atoms with Crippen LogP contribution in [0.2, 0.25) is 10.0 Å². The number of nitrogens with zero attached hydrogens (tertiary/aromatic N) is 2. The van der Waals surface area contributed by atoms with Gasteiger partial charge in [-0.3, -0.25) is 15.6 Å². The average molecular weight is 353 g/mol. The van der Waals surface area contributed by atoms with Crippen molar-refractivity contribution in [3.05, 3.63) is 46.2 Å². The van der Waals surface area contributed by atoms with Crippen molar-refractivity contribution < 1.29 is 9.53 Å². The van der Waals surface area contributed by atoms with Crippen molar-refractivity contribution in [2.24, 2.45) is 5.92 Å². The van der Waals surface area contributed by atoms with E-state index < -0.39 is 0 Å². The van der Waals surface area contributed by atoms with Crippen LogP contribution in [0.3, 0.4) is 0 Å². The van der Waals surface area contributed by atoms with Crippen molar-refractivity contribution in [3.8, 4) is 5.88 Å². The first kappa shape index (κ1) is 15.8. The van der Waals surface area contributed by atoms with Gasteiger partial charge in [0, 0.05) is 28.4 Å². The maximum atomic E-state index is 12.2. The predicted molar refractivity (Wildman–Crippen MR) is 87.7 cm³/mol. The first-order chi connectivity index (χ1) is 11.1. The normalized spacial score (nSPS) is 19.1. The van der Waals surface area contributed by atoms with Gasteiger partial charge in [-0.15, -0.1) is 0 Å². The number of halogens is 2. The van der Waals surface area contributed by atoms with Crippen molar-refractivity contribution in [1.82, 2.24) is 15.4 Å². The summed E-state index contributed by atoms with van der Waals surface area (Å²) in [5, 5.41) is 1.16. The minimum absolute atomic E-state index is 0.102. The van der Waals surface area contributed by atoms with E-state index in [4.69, 9.17) is 27.9 Å². The molecule has 3 rings (SSSR count). The van der Waals surface area contributed by atoms with Crippen LogP contribution in [0.15, 0.2) is 30.6 Å². The van der Waals surface area contributed by atoms with Crippen LogP contribution in [-0.4, -0.2) is 23.0 Å². The number of rotatable bonds is 5. The Kier molecular flexibility index (Phi) is 4.54. The standard InChI is InChI=1S/C15H14Cl2N4O2/c1-23-15-13(18-4-5-19-15)20-21-14(22)11-7-10(11)9-3-2-8(16)6-12(9)17/h2-6,10-11H,7H2,1H3,(H,18,20)(H,21,22)/t10-,11-/m1/s1. The van der Waals surface area contributed by atoms with Crippen LogP contribution in [-0.2, 0) is 4.79 Å². The number of amides is 1. The third-order valence-electron chi connectivity index (χ3n) is 3.65. The lowest BCUT2D eigenvalue weighted by Gasteiger charge is -2.10. The monoisotopic (exact) mass is 352 g/mol. The molecule has 0 aliphatic heterocycles. The molecule has 1 amide bonds. The third kappa shape index (κ3) is 3.48. The second-order valence-electron chi connectivity index (χ2n) is 5.14. The van der Waals surface area contributed by atoms with E-state index >= 15 is 0 Å². The first-order valence-corrected chi connectivity index (χ1v) is 7.71. The van der Waals surface area contributed by atoms with Crippen LogP contribution >= 0.6 is 23.2 Å². The van der Waals surface area contributed by atoms with Crippen LogP contribution in [0.4, 0.5) is 5.82 Å². The highest BCUT2D eigenvalue weighted by molar-refractivity contribution is 6.35. The molecule has 2 aromatic rings. The minimum Gasteiger partial charge on any atom is -0.478 e. The molecule has 1 saturated carbocycles. The van der Waals surface area contributed by atoms with Gasteiger partial charge in [-0.1, -0.05) is 29.3 Å². The van der Waals surface area contributed by atoms with Crippen molar-refractivity contribution in [2.45, 2.75) is 12.3 Å². The molecule has 23 heavy (non-hydrogen) atoms. The smallest absolute Gasteiger partial charge is 0.258 e. The SMILES string of the molecule is COc1nccnc1NNC(=O)[C@@H]1C[C@@H]1c1ccc(Cl)cc1Cl. The van der Waals surface area contributed by atoms with E-state index in [1.165, 1.54) is 19.5 Å². The fourth-order valence-electron chi connectivity index (χ4n) is 2.40. The molecule has 1 aromatic heterocycles. The molecule has 0 unspecified atom stereocenters. The molecule has 6 nitrogen and oxygen atoms in total. The van der Waals surface area contributed by atoms with Crippen LogP contribution in [0, 0.1) is 5.92 Å². The summed E-state index contributed by atoms with van der Waals surface area (Å²) in [6, 6.07) is 5.33. The summed E-state index contributed by atoms with van der Waals surface area (Å²) >= 11 is 12.1. The van der Waals surface area contributed by atoms with Gasteiger partial charge in [-0.05, 0) is 30.0 Å². The summed E-state index contributed by atoms with van der Waals surface area (Å²) in [4.78, 5) is 20.3. The van der Waals surface area contributed by atoms with Crippen LogP contribution in [0.25, 0.3) is 0 Å². The van der Waals surface area contributed by atoms with Crippen molar-refractivity contribution in [2.75, 3.05) is 12.5 Å². The number of aromatic nitrogens is 2. The van der Waals surface area contributed by atoms with E-state index in [1.54, 1.807) is 12.1 Å². The van der Waals surface area contributed by atoms with Gasteiger partial charge in [0.1, 0.15) is 0 Å². The zero-order valence-electron chi connectivity index (χ0n) is 12.2. The minimum atomic E-state index is -0.135. The summed E-state index contributed by atoms with van der Waals surface area (Å²) in [7, 11) is 1.48. The van der Waals surface area contributed by atoms with E-state index in [2.05, 4.69) is 20.8 Å². The molecule has 1 fully saturated rings. The zero-order valence-corrected chi connectivity index (χ0v) is 13.7. The number of methoxy groups -OCH3 is 1. The Bertz CT molecular complexity index is 741. The number of carbonyl (C=O) groups is 1. The highest BCUT2D eigenvalue weighted by Crippen LogP contribution is 2.50. The Labute approximate surface area is 143 Å². The van der Waals surface area contributed by atoms with E-state index in [0.717, 1.165) is 12.0 Å². The molecule has 0 radical (unpaired) electrons. The molecule has 1 aliphatic rings. The molecule has 1 aromatic carbocycles. The number of anilines is 1. The summed E-state index contributed by atoms with van der Waals surface area (Å²) in [5.41, 5.74) is 6.29. The van der Waals surface area contributed by atoms with Gasteiger partial charge in [-0.25, -0.2) is 9.97 Å². The fraction of sp³-hybridized carbons (Fsp3) is 0.267. The quantitative estimate of drug-likeness (QED) is 0.808. The molecule has 2 N–H and O–H groups in total. The number of hydrogen-bond donors (Lipinski definition) is 2. The molecular formula is C15H14Cl2N4O2. The van der Waals surface area contributed by atoms with Gasteiger partial charge in [0.2, 0.25) is 11.7 Å². The maximum Gasteiger partial charge on any atom is 0.258 e. The topological polar surface area (TPSA) is 76.1 Å². The molecule has 0 saturated heterocycles. The Morgan fingerprint density at radius 1 is 1.30 bits per heavy atom. The van der Waals surface area contributed by atoms with Gasteiger partial charge in [-0.2, -0.15) is 0 Å². The number of benzene rings is 1. The number of nitrogens with one attached hydrogen (secondary N) is 2. The van der Waals surface area contributed by atoms with E-state index in [-0.39, 0.29) is 17.7 Å². The number of hydrazine groups is 1. The highest BCUT2D eigenvalue weighted by Gasteiger charge is 2.45. The predicted octanol–water partition coefficient (Wildman–Crippen LogP) is 3.04. The van der Waals surface area contributed by atoms with E-state index in [1.807, 2.05) is 6.07 Å². The Morgan fingerprint density at radius 2 is 2.09 bits per heavy atom. The van der Waals surface area contributed by atoms with Gasteiger partial charge in [0.15, 0.2) is 0 Å². The molecule has 120 valence electrons. The Hall–Kier alpha value is -2.05. The lowest BCUT2D eigenvalue weighted by atomic mass is 10.1. The summed E-state index contributed by atoms with van der Waals surface area (Å²) in [6.07, 6.45) is 3.75. The largest absolute Gasteiger partial charge is 0.478 e. The van der Waals surface area contributed by atoms with Crippen molar-refractivity contribution in [1.29, 1.82) is 0 Å². The van der Waals surface area contributed by atoms with E-state index in [9.17, 15) is 4.79 Å². The van der Waals surface area contributed by atoms with Gasteiger partial charge in [0.25, 0.3) is 5.88 Å². The summed E-state index contributed by atoms with van der Waals surface area (Å²) in [5.74, 6) is 0.494.